The largest absolute Gasteiger partial charge is 0.326 e. The molecule has 1 amide bonds. The summed E-state index contributed by atoms with van der Waals surface area (Å²) in [7, 11) is 0. The molecule has 1 aliphatic heterocycles. The van der Waals surface area contributed by atoms with Gasteiger partial charge < -0.3 is 15.2 Å². The van der Waals surface area contributed by atoms with E-state index in [0.717, 1.165) is 29.9 Å². The predicted octanol–water partition coefficient (Wildman–Crippen LogP) is 4.73. The van der Waals surface area contributed by atoms with Crippen LogP contribution in [0.4, 0.5) is 10.2 Å². The number of imidazole rings is 1. The molecule has 0 atom stereocenters. The third kappa shape index (κ3) is 4.29. The zero-order valence-corrected chi connectivity index (χ0v) is 19.1. The second-order valence-electron chi connectivity index (χ2n) is 8.27. The van der Waals surface area contributed by atoms with Gasteiger partial charge in [0.25, 0.3) is 5.91 Å². The van der Waals surface area contributed by atoms with Gasteiger partial charge in [-0.1, -0.05) is 6.07 Å². The lowest BCUT2D eigenvalue weighted by molar-refractivity contribution is 0.102. The maximum atomic E-state index is 13.4. The van der Waals surface area contributed by atoms with E-state index in [9.17, 15) is 9.18 Å². The highest BCUT2D eigenvalue weighted by atomic mass is 32.1. The van der Waals surface area contributed by atoms with E-state index in [1.165, 1.54) is 23.5 Å². The number of hydrogen-bond acceptors (Lipinski definition) is 6. The SMILES string of the molecule is CC(C)n1cnc(-c2ccc(F)cc2)c1-c1nc(C(=O)Nc2ccc(C3CNC3)cn2)cs1. The maximum absolute atomic E-state index is 13.4. The molecule has 5 rings (SSSR count). The molecule has 1 aromatic carbocycles. The van der Waals surface area contributed by atoms with Crippen molar-refractivity contribution < 1.29 is 9.18 Å². The van der Waals surface area contributed by atoms with Crippen LogP contribution in [0.25, 0.3) is 22.0 Å². The fourth-order valence-corrected chi connectivity index (χ4v) is 4.54. The van der Waals surface area contributed by atoms with E-state index in [1.807, 2.05) is 22.9 Å². The van der Waals surface area contributed by atoms with Gasteiger partial charge in [0, 0.05) is 42.2 Å². The van der Waals surface area contributed by atoms with Crippen LogP contribution in [0.15, 0.2) is 54.3 Å². The van der Waals surface area contributed by atoms with E-state index in [-0.39, 0.29) is 17.8 Å². The Morgan fingerprint density at radius 3 is 2.61 bits per heavy atom. The number of anilines is 1. The van der Waals surface area contributed by atoms with Crippen molar-refractivity contribution in [2.24, 2.45) is 0 Å². The summed E-state index contributed by atoms with van der Waals surface area (Å²) >= 11 is 1.37. The lowest BCUT2D eigenvalue weighted by Crippen LogP contribution is -2.39. The van der Waals surface area contributed by atoms with Crippen LogP contribution >= 0.6 is 11.3 Å². The number of benzene rings is 1. The first kappa shape index (κ1) is 21.4. The van der Waals surface area contributed by atoms with Gasteiger partial charge in [0.2, 0.25) is 0 Å². The standard InChI is InChI=1S/C24H23FN6OS/c1-14(2)31-13-28-21(15-3-6-18(25)7-4-15)22(31)24-29-19(12-33-24)23(32)30-20-8-5-16(11-27-20)17-9-26-10-17/h3-8,11-14,17,26H,9-10H2,1-2H3,(H,27,30,32). The molecule has 7 nitrogen and oxygen atoms in total. The van der Waals surface area contributed by atoms with Gasteiger partial charge in [0.15, 0.2) is 0 Å². The van der Waals surface area contributed by atoms with Crippen LogP contribution in [-0.2, 0) is 0 Å². The Morgan fingerprint density at radius 1 is 1.18 bits per heavy atom. The van der Waals surface area contributed by atoms with Crippen LogP contribution in [0.5, 0.6) is 0 Å². The molecule has 2 N–H and O–H groups in total. The van der Waals surface area contributed by atoms with Crippen molar-refractivity contribution in [1.29, 1.82) is 0 Å². The molecule has 1 aliphatic rings. The van der Waals surface area contributed by atoms with Crippen molar-refractivity contribution >= 4 is 23.1 Å². The normalized spacial score (nSPS) is 13.8. The van der Waals surface area contributed by atoms with Crippen LogP contribution in [-0.4, -0.2) is 38.5 Å². The average Bonchev–Trinajstić information content (AvgIpc) is 3.41. The highest BCUT2D eigenvalue weighted by molar-refractivity contribution is 7.13. The molecule has 0 unspecified atom stereocenters. The maximum Gasteiger partial charge on any atom is 0.276 e. The monoisotopic (exact) mass is 462 g/mol. The molecule has 0 aliphatic carbocycles. The summed E-state index contributed by atoms with van der Waals surface area (Å²) in [6.45, 7) is 6.02. The minimum Gasteiger partial charge on any atom is -0.326 e. The number of carbonyl (C=O) groups is 1. The molecule has 168 valence electrons. The summed E-state index contributed by atoms with van der Waals surface area (Å²) in [5, 5.41) is 8.47. The molecule has 0 saturated carbocycles. The van der Waals surface area contributed by atoms with Gasteiger partial charge in [-0.15, -0.1) is 11.3 Å². The van der Waals surface area contributed by atoms with Crippen LogP contribution < -0.4 is 10.6 Å². The van der Waals surface area contributed by atoms with Crippen LogP contribution in [0.3, 0.4) is 0 Å². The Morgan fingerprint density at radius 2 is 1.97 bits per heavy atom. The lowest BCUT2D eigenvalue weighted by Gasteiger charge is -2.27. The minimum absolute atomic E-state index is 0.136. The molecule has 0 radical (unpaired) electrons. The molecule has 33 heavy (non-hydrogen) atoms. The van der Waals surface area contributed by atoms with Gasteiger partial charge in [-0.25, -0.2) is 19.3 Å². The molecule has 1 saturated heterocycles. The number of carbonyl (C=O) groups excluding carboxylic acids is 1. The number of thiazole rings is 1. The first-order valence-corrected chi connectivity index (χ1v) is 11.6. The average molecular weight is 463 g/mol. The number of nitrogens with zero attached hydrogens (tertiary/aromatic N) is 4. The van der Waals surface area contributed by atoms with E-state index in [0.29, 0.717) is 28.1 Å². The van der Waals surface area contributed by atoms with E-state index in [4.69, 9.17) is 0 Å². The molecule has 0 spiro atoms. The van der Waals surface area contributed by atoms with E-state index in [1.54, 1.807) is 23.8 Å². The second-order valence-corrected chi connectivity index (χ2v) is 9.13. The van der Waals surface area contributed by atoms with Gasteiger partial charge in [-0.05, 0) is 49.7 Å². The van der Waals surface area contributed by atoms with E-state index in [2.05, 4.69) is 39.4 Å². The van der Waals surface area contributed by atoms with Gasteiger partial charge in [-0.2, -0.15) is 0 Å². The summed E-state index contributed by atoms with van der Waals surface area (Å²) in [4.78, 5) is 26.3. The summed E-state index contributed by atoms with van der Waals surface area (Å²) in [5.41, 5.74) is 3.77. The zero-order valence-electron chi connectivity index (χ0n) is 18.2. The molecular formula is C24H23FN6OS. The number of hydrogen-bond donors (Lipinski definition) is 2. The van der Waals surface area contributed by atoms with Gasteiger partial charge in [-0.3, -0.25) is 4.79 Å². The molecule has 3 aromatic heterocycles. The minimum atomic E-state index is -0.318. The third-order valence-corrected chi connectivity index (χ3v) is 6.54. The van der Waals surface area contributed by atoms with E-state index >= 15 is 0 Å². The molecule has 0 bridgehead atoms. The zero-order chi connectivity index (χ0) is 22.9. The van der Waals surface area contributed by atoms with Crippen LogP contribution in [0.2, 0.25) is 0 Å². The number of rotatable bonds is 6. The summed E-state index contributed by atoms with van der Waals surface area (Å²) in [6, 6.07) is 10.2. The summed E-state index contributed by atoms with van der Waals surface area (Å²) in [6.07, 6.45) is 3.56. The fraction of sp³-hybridized carbons (Fsp3) is 0.250. The Balaban J connectivity index is 1.40. The Hall–Kier alpha value is -3.43. The highest BCUT2D eigenvalue weighted by Gasteiger charge is 2.22. The Kier molecular flexibility index (Phi) is 5.74. The van der Waals surface area contributed by atoms with Crippen LogP contribution in [0.1, 0.15) is 41.9 Å². The second kappa shape index (κ2) is 8.84. The summed E-state index contributed by atoms with van der Waals surface area (Å²) < 4.78 is 15.4. The topological polar surface area (TPSA) is 84.7 Å². The van der Waals surface area contributed by atoms with E-state index < -0.39 is 0 Å². The van der Waals surface area contributed by atoms with Gasteiger partial charge >= 0.3 is 0 Å². The highest BCUT2D eigenvalue weighted by Crippen LogP contribution is 2.35. The first-order chi connectivity index (χ1) is 16.0. The number of nitrogens with one attached hydrogen (secondary N) is 2. The Labute approximate surface area is 194 Å². The lowest BCUT2D eigenvalue weighted by atomic mass is 9.95. The first-order valence-electron chi connectivity index (χ1n) is 10.8. The van der Waals surface area contributed by atoms with Crippen molar-refractivity contribution in [3.8, 4) is 22.0 Å². The molecular weight excluding hydrogens is 439 g/mol. The Bertz CT molecular complexity index is 1280. The fourth-order valence-electron chi connectivity index (χ4n) is 3.70. The molecule has 9 heteroatoms. The van der Waals surface area contributed by atoms with Crippen molar-refractivity contribution in [1.82, 2.24) is 24.8 Å². The number of pyridine rings is 1. The third-order valence-electron chi connectivity index (χ3n) is 5.69. The van der Waals surface area contributed by atoms with Crippen molar-refractivity contribution in [2.75, 3.05) is 18.4 Å². The molecule has 4 aromatic rings. The molecule has 4 heterocycles. The number of halogens is 1. The van der Waals surface area contributed by atoms with Crippen molar-refractivity contribution in [2.45, 2.75) is 25.8 Å². The smallest absolute Gasteiger partial charge is 0.276 e. The number of aromatic nitrogens is 4. The van der Waals surface area contributed by atoms with Crippen molar-refractivity contribution in [3.05, 3.63) is 71.4 Å². The van der Waals surface area contributed by atoms with Crippen molar-refractivity contribution in [3.63, 3.8) is 0 Å². The predicted molar refractivity (Wildman–Crippen MR) is 127 cm³/mol. The van der Waals surface area contributed by atoms with Gasteiger partial charge in [0.1, 0.15) is 28.0 Å². The summed E-state index contributed by atoms with van der Waals surface area (Å²) in [5.74, 6) is 0.360. The molecule has 1 fully saturated rings. The van der Waals surface area contributed by atoms with Gasteiger partial charge in [0.05, 0.1) is 12.0 Å². The quantitative estimate of drug-likeness (QED) is 0.433. The number of amides is 1. The van der Waals surface area contributed by atoms with Crippen LogP contribution in [0, 0.1) is 5.82 Å².